The van der Waals surface area contributed by atoms with Gasteiger partial charge < -0.3 is 23.8 Å². The number of ether oxygens (including phenoxy) is 2. The third-order valence-corrected chi connectivity index (χ3v) is 7.85. The van der Waals surface area contributed by atoms with Crippen molar-refractivity contribution in [2.24, 2.45) is 13.0 Å². The average molecular weight is 547 g/mol. The van der Waals surface area contributed by atoms with Gasteiger partial charge in [-0.25, -0.2) is 4.79 Å². The molecule has 3 heterocycles. The molecule has 0 saturated carbocycles. The summed E-state index contributed by atoms with van der Waals surface area (Å²) in [7, 11) is 1.86. The minimum Gasteiger partial charge on any atom is -0.493 e. The van der Waals surface area contributed by atoms with Crippen LogP contribution in [0.25, 0.3) is 10.9 Å². The monoisotopic (exact) mass is 546 g/mol. The second-order valence-electron chi connectivity index (χ2n) is 10.7. The lowest BCUT2D eigenvalue weighted by Crippen LogP contribution is -2.48. The lowest BCUT2D eigenvalue weighted by atomic mass is 9.98. The molecule has 1 atom stereocenters. The zero-order chi connectivity index (χ0) is 28.1. The summed E-state index contributed by atoms with van der Waals surface area (Å²) in [6.07, 6.45) is 3.30. The van der Waals surface area contributed by atoms with E-state index in [1.165, 1.54) is 5.56 Å². The summed E-state index contributed by atoms with van der Waals surface area (Å²) in [5.41, 5.74) is 2.03. The van der Waals surface area contributed by atoms with Crippen LogP contribution in [0.4, 0.5) is 4.79 Å². The van der Waals surface area contributed by atoms with Crippen molar-refractivity contribution in [1.82, 2.24) is 19.3 Å². The molecule has 9 nitrogen and oxygen atoms in total. The molecule has 2 fully saturated rings. The molecular weight excluding hydrogens is 508 g/mol. The summed E-state index contributed by atoms with van der Waals surface area (Å²) < 4.78 is 13.1. The highest BCUT2D eigenvalue weighted by Crippen LogP contribution is 2.22. The fourth-order valence-corrected chi connectivity index (χ4v) is 5.62. The van der Waals surface area contributed by atoms with E-state index in [2.05, 4.69) is 17.0 Å². The summed E-state index contributed by atoms with van der Waals surface area (Å²) in [4.78, 5) is 44.2. The van der Waals surface area contributed by atoms with Gasteiger partial charge in [-0.1, -0.05) is 24.3 Å². The molecule has 0 unspecified atom stereocenters. The Balaban J connectivity index is 1.12. The summed E-state index contributed by atoms with van der Waals surface area (Å²) in [6.45, 7) is 7.78. The molecule has 2 aliphatic rings. The molecule has 2 aliphatic heterocycles. The van der Waals surface area contributed by atoms with E-state index < -0.39 is 0 Å². The van der Waals surface area contributed by atoms with E-state index in [-0.39, 0.29) is 28.9 Å². The van der Waals surface area contributed by atoms with Crippen LogP contribution >= 0.6 is 0 Å². The van der Waals surface area contributed by atoms with E-state index in [9.17, 15) is 14.4 Å². The summed E-state index contributed by atoms with van der Waals surface area (Å²) in [5, 5.41) is 0.565. The van der Waals surface area contributed by atoms with E-state index in [1.807, 2.05) is 48.9 Å². The highest BCUT2D eigenvalue weighted by molar-refractivity contribution is 5.97. The first kappa shape index (κ1) is 27.7. The topological polar surface area (TPSA) is 84.3 Å². The smallest absolute Gasteiger partial charge is 0.409 e. The molecule has 1 aromatic heterocycles. The van der Waals surface area contributed by atoms with E-state index in [0.29, 0.717) is 44.8 Å². The number of piperazine rings is 1. The maximum atomic E-state index is 13.4. The molecule has 40 heavy (non-hydrogen) atoms. The predicted molar refractivity (Wildman–Crippen MR) is 154 cm³/mol. The van der Waals surface area contributed by atoms with Crippen LogP contribution in [-0.2, 0) is 18.3 Å². The molecule has 2 amide bonds. The molecule has 0 spiro atoms. The van der Waals surface area contributed by atoms with E-state index >= 15 is 0 Å². The number of hydrogen-bond donors (Lipinski definition) is 0. The second-order valence-corrected chi connectivity index (χ2v) is 10.7. The highest BCUT2D eigenvalue weighted by Gasteiger charge is 2.27. The zero-order valence-corrected chi connectivity index (χ0v) is 23.4. The average Bonchev–Trinajstić information content (AvgIpc) is 2.99. The Bertz CT molecular complexity index is 1400. The van der Waals surface area contributed by atoms with Crippen molar-refractivity contribution in [3.8, 4) is 5.75 Å². The number of carbonyl (C=O) groups excluding carboxylic acids is 2. The van der Waals surface area contributed by atoms with Gasteiger partial charge in [0.05, 0.1) is 18.7 Å². The first-order valence-corrected chi connectivity index (χ1v) is 14.2. The Labute approximate surface area is 234 Å². The third kappa shape index (κ3) is 6.31. The van der Waals surface area contributed by atoms with Crippen molar-refractivity contribution in [2.45, 2.75) is 26.3 Å². The number of aryl methyl sites for hydroxylation is 1. The van der Waals surface area contributed by atoms with E-state index in [1.54, 1.807) is 22.1 Å². The molecule has 0 aliphatic carbocycles. The summed E-state index contributed by atoms with van der Waals surface area (Å²) in [6, 6.07) is 15.5. The number of nitrogens with zero attached hydrogens (tertiary/aromatic N) is 4. The molecule has 0 radical (unpaired) electrons. The quantitative estimate of drug-likeness (QED) is 0.449. The molecule has 9 heteroatoms. The molecule has 0 N–H and O–H groups in total. The van der Waals surface area contributed by atoms with Gasteiger partial charge in [0.25, 0.3) is 5.91 Å². The van der Waals surface area contributed by atoms with Gasteiger partial charge in [0.1, 0.15) is 11.3 Å². The van der Waals surface area contributed by atoms with E-state index in [4.69, 9.17) is 9.47 Å². The van der Waals surface area contributed by atoms with Gasteiger partial charge in [-0.3, -0.25) is 14.5 Å². The number of piperidine rings is 1. The van der Waals surface area contributed by atoms with Crippen LogP contribution in [0.1, 0.15) is 35.7 Å². The summed E-state index contributed by atoms with van der Waals surface area (Å²) >= 11 is 0. The van der Waals surface area contributed by atoms with Crippen LogP contribution in [-0.4, -0.2) is 83.7 Å². The number of fused-ring (bicyclic) bond motifs is 1. The Hall–Kier alpha value is -3.85. The Morgan fingerprint density at radius 2 is 1.70 bits per heavy atom. The summed E-state index contributed by atoms with van der Waals surface area (Å²) in [5.74, 6) is 0.809. The van der Waals surface area contributed by atoms with Crippen molar-refractivity contribution >= 4 is 22.9 Å². The lowest BCUT2D eigenvalue weighted by Gasteiger charge is -2.34. The molecule has 2 aromatic carbocycles. The molecule has 2 saturated heterocycles. The van der Waals surface area contributed by atoms with Gasteiger partial charge in [-0.15, -0.1) is 0 Å². The van der Waals surface area contributed by atoms with Crippen molar-refractivity contribution in [3.05, 3.63) is 76.1 Å². The van der Waals surface area contributed by atoms with Crippen molar-refractivity contribution in [2.75, 3.05) is 52.5 Å². The Morgan fingerprint density at radius 3 is 2.45 bits per heavy atom. The predicted octanol–water partition coefficient (Wildman–Crippen LogP) is 3.74. The second kappa shape index (κ2) is 12.6. The molecule has 3 aromatic rings. The van der Waals surface area contributed by atoms with Crippen LogP contribution in [0, 0.1) is 5.92 Å². The van der Waals surface area contributed by atoms with Crippen LogP contribution < -0.4 is 10.2 Å². The van der Waals surface area contributed by atoms with Crippen molar-refractivity contribution in [1.29, 1.82) is 0 Å². The number of hydrogen-bond acceptors (Lipinski definition) is 6. The maximum absolute atomic E-state index is 13.4. The number of aromatic nitrogens is 1. The van der Waals surface area contributed by atoms with Gasteiger partial charge in [-0.05, 0) is 49.6 Å². The Morgan fingerprint density at radius 1 is 0.950 bits per heavy atom. The number of benzene rings is 2. The minimum absolute atomic E-state index is 0.205. The van der Waals surface area contributed by atoms with Crippen molar-refractivity contribution < 1.29 is 19.1 Å². The van der Waals surface area contributed by atoms with Gasteiger partial charge in [-0.2, -0.15) is 0 Å². The van der Waals surface area contributed by atoms with Crippen molar-refractivity contribution in [3.63, 3.8) is 0 Å². The first-order valence-electron chi connectivity index (χ1n) is 14.2. The first-order chi connectivity index (χ1) is 19.4. The molecular formula is C31H38N4O5. The van der Waals surface area contributed by atoms with Crippen LogP contribution in [0.15, 0.2) is 59.5 Å². The standard InChI is InChI=1S/C31H38N4O5/c1-3-39-31(38)34-17-15-33(16-18-34)19-23-10-12-25(13-11-23)40-22-24-7-6-14-35(20-24)30(37)27-21-32(2)28-9-5-4-8-26(28)29(27)36/h4-5,8-13,21,24H,3,6-7,14-20,22H2,1-2H3/t24-/m0/s1. The molecule has 212 valence electrons. The minimum atomic E-state index is -0.230. The normalized spacial score (nSPS) is 18.1. The van der Waals surface area contributed by atoms with Crippen LogP contribution in [0.2, 0.25) is 0 Å². The van der Waals surface area contributed by atoms with Gasteiger partial charge in [0.2, 0.25) is 5.43 Å². The fraction of sp³-hybridized carbons (Fsp3) is 0.452. The number of rotatable bonds is 7. The fourth-order valence-electron chi connectivity index (χ4n) is 5.62. The Kier molecular flexibility index (Phi) is 8.69. The third-order valence-electron chi connectivity index (χ3n) is 7.85. The van der Waals surface area contributed by atoms with Gasteiger partial charge in [0.15, 0.2) is 0 Å². The number of para-hydroxylation sites is 1. The molecule has 0 bridgehead atoms. The van der Waals surface area contributed by atoms with Gasteiger partial charge >= 0.3 is 6.09 Å². The largest absolute Gasteiger partial charge is 0.493 e. The number of amides is 2. The number of likely N-dealkylation sites (tertiary alicyclic amines) is 1. The van der Waals surface area contributed by atoms with E-state index in [0.717, 1.165) is 43.7 Å². The van der Waals surface area contributed by atoms with Crippen LogP contribution in [0.3, 0.4) is 0 Å². The van der Waals surface area contributed by atoms with Crippen LogP contribution in [0.5, 0.6) is 5.75 Å². The van der Waals surface area contributed by atoms with Gasteiger partial charge in [0, 0.05) is 70.4 Å². The highest BCUT2D eigenvalue weighted by atomic mass is 16.6. The zero-order valence-electron chi connectivity index (χ0n) is 23.4. The number of carbonyl (C=O) groups is 2. The molecule has 5 rings (SSSR count). The number of pyridine rings is 1. The lowest BCUT2D eigenvalue weighted by molar-refractivity contribution is 0.0631. The SMILES string of the molecule is CCOC(=O)N1CCN(Cc2ccc(OC[C@H]3CCCN(C(=O)c4cn(C)c5ccccc5c4=O)C3)cc2)CC1. The maximum Gasteiger partial charge on any atom is 0.409 e.